The van der Waals surface area contributed by atoms with Crippen LogP contribution in [0.2, 0.25) is 0 Å². The second-order valence-electron chi connectivity index (χ2n) is 6.38. The van der Waals surface area contributed by atoms with E-state index < -0.39 is 6.04 Å². The van der Waals surface area contributed by atoms with E-state index in [2.05, 4.69) is 24.5 Å². The van der Waals surface area contributed by atoms with Crippen LogP contribution >= 0.6 is 0 Å². The molecule has 2 aliphatic rings. The zero-order valence-corrected chi connectivity index (χ0v) is 13.2. The third kappa shape index (κ3) is 3.06. The van der Waals surface area contributed by atoms with Crippen molar-refractivity contribution < 1.29 is 14.0 Å². The van der Waals surface area contributed by atoms with Crippen LogP contribution in [0.1, 0.15) is 31.9 Å². The number of hydrogen-bond acceptors (Lipinski definition) is 2. The number of hydrogen-bond donors (Lipinski definition) is 2. The first-order valence-electron chi connectivity index (χ1n) is 7.81. The summed E-state index contributed by atoms with van der Waals surface area (Å²) in [4.78, 5) is 26.3. The first kappa shape index (κ1) is 15.5. The maximum absolute atomic E-state index is 13.1. The van der Waals surface area contributed by atoms with Crippen LogP contribution in [0.25, 0.3) is 0 Å². The predicted molar refractivity (Wildman–Crippen MR) is 83.9 cm³/mol. The molecule has 2 N–H and O–H groups in total. The molecule has 2 heterocycles. The van der Waals surface area contributed by atoms with Crippen LogP contribution in [0.3, 0.4) is 0 Å². The fourth-order valence-corrected chi connectivity index (χ4v) is 2.93. The summed E-state index contributed by atoms with van der Waals surface area (Å²) in [5.41, 5.74) is 1.91. The van der Waals surface area contributed by atoms with Gasteiger partial charge in [0.05, 0.1) is 23.9 Å². The molecule has 0 bridgehead atoms. The third-order valence-electron chi connectivity index (χ3n) is 4.20. The summed E-state index contributed by atoms with van der Waals surface area (Å²) in [6.07, 6.45) is 0.912. The lowest BCUT2D eigenvalue weighted by Gasteiger charge is -2.25. The number of nitrogens with one attached hydrogen (secondary N) is 2. The van der Waals surface area contributed by atoms with Crippen molar-refractivity contribution in [2.45, 2.75) is 26.3 Å². The molecule has 0 aromatic heterocycles. The van der Waals surface area contributed by atoms with E-state index in [9.17, 15) is 14.0 Å². The van der Waals surface area contributed by atoms with Gasteiger partial charge < -0.3 is 15.5 Å². The molecule has 0 unspecified atom stereocenters. The smallest absolute Gasteiger partial charge is 0.319 e. The van der Waals surface area contributed by atoms with Crippen LogP contribution in [-0.4, -0.2) is 29.9 Å². The SMILES string of the molecule is CC(C)CCN1CC2=C(C1=O)[C@H](c1ccc(F)cc1)NC(=O)N2. The molecule has 5 nitrogen and oxygen atoms in total. The van der Waals surface area contributed by atoms with Crippen LogP contribution in [0.15, 0.2) is 35.5 Å². The standard InChI is InChI=1S/C17H20FN3O2/c1-10(2)7-8-21-9-13-14(16(21)22)15(20-17(23)19-13)11-3-5-12(18)6-4-11/h3-6,10,15H,7-9H2,1-2H3,(H2,19,20,23)/t15-/m0/s1. The molecule has 6 heteroatoms. The maximum atomic E-state index is 13.1. The van der Waals surface area contributed by atoms with Gasteiger partial charge in [0, 0.05) is 6.54 Å². The number of amides is 3. The average molecular weight is 317 g/mol. The molecule has 0 saturated heterocycles. The van der Waals surface area contributed by atoms with E-state index in [1.807, 2.05) is 0 Å². The van der Waals surface area contributed by atoms with E-state index in [4.69, 9.17) is 0 Å². The molecule has 3 amide bonds. The highest BCUT2D eigenvalue weighted by atomic mass is 19.1. The minimum Gasteiger partial charge on any atom is -0.333 e. The van der Waals surface area contributed by atoms with Crippen LogP contribution in [-0.2, 0) is 4.79 Å². The Morgan fingerprint density at radius 2 is 1.96 bits per heavy atom. The van der Waals surface area contributed by atoms with Gasteiger partial charge in [-0.3, -0.25) is 4.79 Å². The summed E-state index contributed by atoms with van der Waals surface area (Å²) in [7, 11) is 0. The molecule has 1 atom stereocenters. The molecule has 2 aliphatic heterocycles. The lowest BCUT2D eigenvalue weighted by molar-refractivity contribution is -0.125. The van der Waals surface area contributed by atoms with E-state index >= 15 is 0 Å². The Morgan fingerprint density at radius 1 is 1.26 bits per heavy atom. The Kier molecular flexibility index (Phi) is 4.07. The van der Waals surface area contributed by atoms with Gasteiger partial charge in [0.15, 0.2) is 0 Å². The first-order chi connectivity index (χ1) is 11.0. The van der Waals surface area contributed by atoms with Gasteiger partial charge in [-0.05, 0) is 30.0 Å². The maximum Gasteiger partial charge on any atom is 0.319 e. The van der Waals surface area contributed by atoms with Gasteiger partial charge in [0.1, 0.15) is 5.82 Å². The summed E-state index contributed by atoms with van der Waals surface area (Å²) in [5.74, 6) is 0.0861. The van der Waals surface area contributed by atoms with Crippen molar-refractivity contribution >= 4 is 11.9 Å². The molecule has 1 aromatic rings. The Hall–Kier alpha value is -2.37. The summed E-state index contributed by atoms with van der Waals surface area (Å²) in [6, 6.07) is 4.99. The molecule has 0 radical (unpaired) electrons. The molecule has 0 fully saturated rings. The molecule has 1 aromatic carbocycles. The van der Waals surface area contributed by atoms with Crippen molar-refractivity contribution in [1.29, 1.82) is 0 Å². The Labute approximate surface area is 134 Å². The zero-order valence-electron chi connectivity index (χ0n) is 13.2. The second-order valence-corrected chi connectivity index (χ2v) is 6.38. The van der Waals surface area contributed by atoms with E-state index in [1.54, 1.807) is 17.0 Å². The van der Waals surface area contributed by atoms with Crippen LogP contribution in [0.4, 0.5) is 9.18 Å². The summed E-state index contributed by atoms with van der Waals surface area (Å²) in [5, 5.41) is 5.49. The molecule has 3 rings (SSSR count). The van der Waals surface area contributed by atoms with Crippen molar-refractivity contribution in [2.75, 3.05) is 13.1 Å². The van der Waals surface area contributed by atoms with Crippen molar-refractivity contribution in [3.8, 4) is 0 Å². The highest BCUT2D eigenvalue weighted by Crippen LogP contribution is 2.32. The number of halogens is 1. The van der Waals surface area contributed by atoms with Crippen LogP contribution < -0.4 is 10.6 Å². The van der Waals surface area contributed by atoms with Crippen molar-refractivity contribution in [3.63, 3.8) is 0 Å². The minimum atomic E-state index is -0.532. The number of benzene rings is 1. The van der Waals surface area contributed by atoms with Crippen molar-refractivity contribution in [2.24, 2.45) is 5.92 Å². The zero-order chi connectivity index (χ0) is 16.6. The lowest BCUT2D eigenvalue weighted by Crippen LogP contribution is -2.44. The highest BCUT2D eigenvalue weighted by Gasteiger charge is 2.40. The van der Waals surface area contributed by atoms with Crippen molar-refractivity contribution in [1.82, 2.24) is 15.5 Å². The number of carbonyl (C=O) groups excluding carboxylic acids is 2. The predicted octanol–water partition coefficient (Wildman–Crippen LogP) is 2.32. The van der Waals surface area contributed by atoms with E-state index in [0.29, 0.717) is 35.8 Å². The molecule has 0 aliphatic carbocycles. The average Bonchev–Trinajstić information content (AvgIpc) is 2.81. The fourth-order valence-electron chi connectivity index (χ4n) is 2.93. The Morgan fingerprint density at radius 3 is 2.61 bits per heavy atom. The van der Waals surface area contributed by atoms with Gasteiger partial charge in [0.25, 0.3) is 5.91 Å². The van der Waals surface area contributed by atoms with Gasteiger partial charge >= 0.3 is 6.03 Å². The molecule has 23 heavy (non-hydrogen) atoms. The van der Waals surface area contributed by atoms with Gasteiger partial charge in [0.2, 0.25) is 0 Å². The second kappa shape index (κ2) is 6.02. The molecule has 0 saturated carbocycles. The fraction of sp³-hybridized carbons (Fsp3) is 0.412. The Balaban J connectivity index is 1.87. The lowest BCUT2D eigenvalue weighted by atomic mass is 9.96. The molecule has 122 valence electrons. The topological polar surface area (TPSA) is 61.4 Å². The van der Waals surface area contributed by atoms with Gasteiger partial charge in [-0.25, -0.2) is 9.18 Å². The van der Waals surface area contributed by atoms with Crippen LogP contribution in [0.5, 0.6) is 0 Å². The number of rotatable bonds is 4. The molecular formula is C17H20FN3O2. The van der Waals surface area contributed by atoms with Gasteiger partial charge in [-0.15, -0.1) is 0 Å². The van der Waals surface area contributed by atoms with Gasteiger partial charge in [-0.2, -0.15) is 0 Å². The molecule has 0 spiro atoms. The summed E-state index contributed by atoms with van der Waals surface area (Å²) >= 11 is 0. The van der Waals surface area contributed by atoms with Crippen molar-refractivity contribution in [3.05, 3.63) is 46.9 Å². The van der Waals surface area contributed by atoms with Gasteiger partial charge in [-0.1, -0.05) is 26.0 Å². The largest absolute Gasteiger partial charge is 0.333 e. The third-order valence-corrected chi connectivity index (χ3v) is 4.20. The quantitative estimate of drug-likeness (QED) is 0.895. The monoisotopic (exact) mass is 317 g/mol. The first-order valence-corrected chi connectivity index (χ1v) is 7.81. The number of urea groups is 1. The van der Waals surface area contributed by atoms with Crippen LogP contribution in [0, 0.1) is 11.7 Å². The normalized spacial score (nSPS) is 20.7. The van der Waals surface area contributed by atoms with E-state index in [-0.39, 0.29) is 17.8 Å². The van der Waals surface area contributed by atoms with E-state index in [1.165, 1.54) is 12.1 Å². The Bertz CT molecular complexity index is 667. The summed E-state index contributed by atoms with van der Waals surface area (Å²) in [6.45, 7) is 5.30. The minimum absolute atomic E-state index is 0.0672. The highest BCUT2D eigenvalue weighted by molar-refractivity contribution is 6.01. The summed E-state index contributed by atoms with van der Waals surface area (Å²) < 4.78 is 13.1. The molecular weight excluding hydrogens is 297 g/mol. The number of nitrogens with zero attached hydrogens (tertiary/aromatic N) is 1. The number of carbonyl (C=O) groups is 2. The van der Waals surface area contributed by atoms with E-state index in [0.717, 1.165) is 6.42 Å².